The van der Waals surface area contributed by atoms with Crippen molar-refractivity contribution in [3.05, 3.63) is 0 Å². The molecule has 1 saturated heterocycles. The summed E-state index contributed by atoms with van der Waals surface area (Å²) in [6, 6.07) is 2.05. The second kappa shape index (κ2) is 5.50. The number of rotatable bonds is 3. The zero-order valence-corrected chi connectivity index (χ0v) is 10.6. The molecule has 0 aromatic rings. The van der Waals surface area contributed by atoms with Crippen molar-refractivity contribution >= 4 is 5.91 Å². The van der Waals surface area contributed by atoms with Crippen molar-refractivity contribution in [2.24, 2.45) is 5.92 Å². The zero-order chi connectivity index (χ0) is 12.3. The maximum absolute atomic E-state index is 12.0. The quantitative estimate of drug-likeness (QED) is 0.739. The van der Waals surface area contributed by atoms with Gasteiger partial charge in [-0.1, -0.05) is 12.8 Å². The first-order chi connectivity index (χ1) is 8.20. The fraction of sp³-hybridized carbons (Fsp3) is 0.846. The molecular formula is C13H21N3O. The molecule has 1 heterocycles. The van der Waals surface area contributed by atoms with Crippen LogP contribution < -0.4 is 0 Å². The highest BCUT2D eigenvalue weighted by Crippen LogP contribution is 2.26. The van der Waals surface area contributed by atoms with E-state index in [4.69, 9.17) is 5.26 Å². The zero-order valence-electron chi connectivity index (χ0n) is 10.6. The van der Waals surface area contributed by atoms with Gasteiger partial charge in [0.25, 0.3) is 0 Å². The van der Waals surface area contributed by atoms with Gasteiger partial charge >= 0.3 is 0 Å². The number of amides is 1. The summed E-state index contributed by atoms with van der Waals surface area (Å²) in [5.74, 6) is 0.921. The van der Waals surface area contributed by atoms with Gasteiger partial charge in [-0.25, -0.2) is 0 Å². The maximum atomic E-state index is 12.0. The Bertz CT molecular complexity index is 317. The lowest BCUT2D eigenvalue weighted by Gasteiger charge is -2.36. The Hall–Kier alpha value is -1.08. The first-order valence-electron chi connectivity index (χ1n) is 6.62. The van der Waals surface area contributed by atoms with Crippen molar-refractivity contribution in [1.29, 1.82) is 5.26 Å². The molecular weight excluding hydrogens is 214 g/mol. The van der Waals surface area contributed by atoms with Crippen LogP contribution in [-0.4, -0.2) is 47.9 Å². The average molecular weight is 235 g/mol. The summed E-state index contributed by atoms with van der Waals surface area (Å²) >= 11 is 0. The number of nitrogens with zero attached hydrogens (tertiary/aromatic N) is 3. The normalized spacial score (nSPS) is 24.9. The van der Waals surface area contributed by atoms with Gasteiger partial charge in [0, 0.05) is 19.6 Å². The third kappa shape index (κ3) is 2.98. The van der Waals surface area contributed by atoms with Gasteiger partial charge in [-0.3, -0.25) is 9.69 Å². The van der Waals surface area contributed by atoms with E-state index in [0.29, 0.717) is 6.54 Å². The molecule has 2 fully saturated rings. The second-order valence-corrected chi connectivity index (χ2v) is 5.27. The van der Waals surface area contributed by atoms with Crippen molar-refractivity contribution < 1.29 is 4.79 Å². The number of piperazine rings is 1. The van der Waals surface area contributed by atoms with E-state index in [1.807, 2.05) is 16.7 Å². The molecule has 17 heavy (non-hydrogen) atoms. The summed E-state index contributed by atoms with van der Waals surface area (Å²) in [6.45, 7) is 4.85. The summed E-state index contributed by atoms with van der Waals surface area (Å²) in [5.41, 5.74) is 0. The third-order valence-electron chi connectivity index (χ3n) is 4.04. The molecule has 0 bridgehead atoms. The van der Waals surface area contributed by atoms with Gasteiger partial charge in [0.05, 0.1) is 18.7 Å². The van der Waals surface area contributed by atoms with Crippen molar-refractivity contribution in [2.45, 2.75) is 38.6 Å². The topological polar surface area (TPSA) is 47.3 Å². The van der Waals surface area contributed by atoms with Crippen LogP contribution in [-0.2, 0) is 4.79 Å². The molecule has 0 aromatic heterocycles. The van der Waals surface area contributed by atoms with Crippen LogP contribution in [0.4, 0.5) is 0 Å². The Morgan fingerprint density at radius 3 is 2.71 bits per heavy atom. The largest absolute Gasteiger partial charge is 0.340 e. The number of carbonyl (C=O) groups excluding carboxylic acids is 1. The van der Waals surface area contributed by atoms with Crippen LogP contribution in [0.1, 0.15) is 32.6 Å². The minimum atomic E-state index is -0.146. The monoisotopic (exact) mass is 235 g/mol. The molecule has 1 amide bonds. The summed E-state index contributed by atoms with van der Waals surface area (Å²) in [6.07, 6.45) is 5.21. The van der Waals surface area contributed by atoms with Gasteiger partial charge < -0.3 is 4.90 Å². The molecule has 2 rings (SSSR count). The molecule has 4 nitrogen and oxygen atoms in total. The van der Waals surface area contributed by atoms with E-state index in [1.165, 1.54) is 25.7 Å². The fourth-order valence-corrected chi connectivity index (χ4v) is 2.84. The van der Waals surface area contributed by atoms with Gasteiger partial charge in [-0.05, 0) is 25.7 Å². The third-order valence-corrected chi connectivity index (χ3v) is 4.04. The van der Waals surface area contributed by atoms with E-state index in [-0.39, 0.29) is 11.9 Å². The van der Waals surface area contributed by atoms with Crippen LogP contribution in [0.5, 0.6) is 0 Å². The van der Waals surface area contributed by atoms with Gasteiger partial charge in [-0.2, -0.15) is 5.26 Å². The predicted molar refractivity (Wildman–Crippen MR) is 65.2 cm³/mol. The highest BCUT2D eigenvalue weighted by atomic mass is 16.2. The molecule has 0 aromatic carbocycles. The Labute approximate surface area is 103 Å². The Morgan fingerprint density at radius 1 is 1.41 bits per heavy atom. The minimum absolute atomic E-state index is 0.146. The van der Waals surface area contributed by atoms with Crippen molar-refractivity contribution in [1.82, 2.24) is 9.80 Å². The summed E-state index contributed by atoms with van der Waals surface area (Å²) in [4.78, 5) is 16.0. The van der Waals surface area contributed by atoms with E-state index >= 15 is 0 Å². The van der Waals surface area contributed by atoms with E-state index in [1.54, 1.807) is 0 Å². The van der Waals surface area contributed by atoms with Gasteiger partial charge in [0.1, 0.15) is 0 Å². The molecule has 0 radical (unpaired) electrons. The Balaban J connectivity index is 1.83. The summed E-state index contributed by atoms with van der Waals surface area (Å²) in [7, 11) is 0. The molecule has 2 aliphatic rings. The first kappa shape index (κ1) is 12.4. The predicted octanol–water partition coefficient (Wildman–Crippen LogP) is 1.23. The van der Waals surface area contributed by atoms with Crippen LogP contribution in [0.25, 0.3) is 0 Å². The molecule has 0 N–H and O–H groups in total. The summed E-state index contributed by atoms with van der Waals surface area (Å²) < 4.78 is 0. The number of hydrogen-bond donors (Lipinski definition) is 0. The highest BCUT2D eigenvalue weighted by molar-refractivity contribution is 5.79. The van der Waals surface area contributed by atoms with E-state index in [9.17, 15) is 4.79 Å². The van der Waals surface area contributed by atoms with Crippen LogP contribution in [0.3, 0.4) is 0 Å². The molecule has 1 aliphatic heterocycles. The van der Waals surface area contributed by atoms with Crippen LogP contribution >= 0.6 is 0 Å². The number of carbonyl (C=O) groups is 1. The van der Waals surface area contributed by atoms with Gasteiger partial charge in [0.2, 0.25) is 5.91 Å². The standard InChI is InChI=1S/C13H21N3O/c1-11(8-14)15-6-7-16(13(17)10-15)9-12-4-2-3-5-12/h11-12H,2-7,9-10H2,1H3/t11-/m1/s1. The van der Waals surface area contributed by atoms with E-state index in [2.05, 4.69) is 6.07 Å². The summed E-state index contributed by atoms with van der Waals surface area (Å²) in [5, 5.41) is 8.85. The number of nitriles is 1. The molecule has 0 spiro atoms. The van der Waals surface area contributed by atoms with Gasteiger partial charge in [-0.15, -0.1) is 0 Å². The second-order valence-electron chi connectivity index (χ2n) is 5.27. The first-order valence-corrected chi connectivity index (χ1v) is 6.62. The van der Waals surface area contributed by atoms with Crippen LogP contribution in [0.15, 0.2) is 0 Å². The lowest BCUT2D eigenvalue weighted by molar-refractivity contribution is -0.137. The SMILES string of the molecule is C[C@H](C#N)N1CCN(CC2CCCC2)C(=O)C1. The van der Waals surface area contributed by atoms with Gasteiger partial charge in [0.15, 0.2) is 0 Å². The molecule has 1 saturated carbocycles. The number of hydrogen-bond acceptors (Lipinski definition) is 3. The van der Waals surface area contributed by atoms with Crippen molar-refractivity contribution in [3.63, 3.8) is 0 Å². The van der Waals surface area contributed by atoms with Crippen LogP contribution in [0, 0.1) is 17.2 Å². The van der Waals surface area contributed by atoms with Crippen molar-refractivity contribution in [2.75, 3.05) is 26.2 Å². The minimum Gasteiger partial charge on any atom is -0.340 e. The Morgan fingerprint density at radius 2 is 2.12 bits per heavy atom. The molecule has 94 valence electrons. The molecule has 4 heteroatoms. The van der Waals surface area contributed by atoms with Crippen molar-refractivity contribution in [3.8, 4) is 6.07 Å². The van der Waals surface area contributed by atoms with E-state index in [0.717, 1.165) is 25.6 Å². The lowest BCUT2D eigenvalue weighted by atomic mass is 10.1. The molecule has 0 unspecified atom stereocenters. The van der Waals surface area contributed by atoms with E-state index < -0.39 is 0 Å². The maximum Gasteiger partial charge on any atom is 0.236 e. The highest BCUT2D eigenvalue weighted by Gasteiger charge is 2.29. The molecule has 1 aliphatic carbocycles. The Kier molecular flexibility index (Phi) is 4.01. The van der Waals surface area contributed by atoms with Crippen LogP contribution in [0.2, 0.25) is 0 Å². The average Bonchev–Trinajstić information content (AvgIpc) is 2.83. The lowest BCUT2D eigenvalue weighted by Crippen LogP contribution is -2.53. The smallest absolute Gasteiger partial charge is 0.236 e. The fourth-order valence-electron chi connectivity index (χ4n) is 2.84. The molecule has 1 atom stereocenters.